The zero-order valence-corrected chi connectivity index (χ0v) is 9.08. The van der Waals surface area contributed by atoms with Crippen molar-refractivity contribution in [3.63, 3.8) is 0 Å². The number of carbonyl (C=O) groups excluding carboxylic acids is 1. The van der Waals surface area contributed by atoms with Gasteiger partial charge in [-0.3, -0.25) is 4.79 Å². The van der Waals surface area contributed by atoms with Gasteiger partial charge in [-0.2, -0.15) is 0 Å². The van der Waals surface area contributed by atoms with E-state index in [4.69, 9.17) is 5.11 Å². The molecule has 0 amide bonds. The molecule has 0 aliphatic carbocycles. The lowest BCUT2D eigenvalue weighted by Gasteiger charge is -1.99. The molecule has 1 aliphatic heterocycles. The van der Waals surface area contributed by atoms with Gasteiger partial charge in [-0.15, -0.1) is 0 Å². The van der Waals surface area contributed by atoms with Crippen molar-refractivity contribution in [1.29, 1.82) is 0 Å². The predicted octanol–water partition coefficient (Wildman–Crippen LogP) is 0.558. The van der Waals surface area contributed by atoms with E-state index in [1.54, 1.807) is 6.92 Å². The highest BCUT2D eigenvalue weighted by atomic mass is 16.5. The molecule has 5 nitrogen and oxygen atoms in total. The van der Waals surface area contributed by atoms with Crippen molar-refractivity contribution in [1.82, 2.24) is 5.32 Å². The van der Waals surface area contributed by atoms with Crippen LogP contribution in [0.5, 0.6) is 0 Å². The van der Waals surface area contributed by atoms with E-state index < -0.39 is 5.97 Å². The Balaban J connectivity index is 0.000000265. The van der Waals surface area contributed by atoms with Crippen LogP contribution in [0.15, 0.2) is 12.2 Å². The van der Waals surface area contributed by atoms with Crippen LogP contribution in [-0.2, 0) is 14.3 Å². The Labute approximate surface area is 89.1 Å². The van der Waals surface area contributed by atoms with Crippen molar-refractivity contribution in [3.05, 3.63) is 12.2 Å². The summed E-state index contributed by atoms with van der Waals surface area (Å²) in [4.78, 5) is 20.3. The van der Waals surface area contributed by atoms with Gasteiger partial charge in [-0.25, -0.2) is 4.79 Å². The fraction of sp³-hybridized carbons (Fsp3) is 0.600. The fourth-order valence-corrected chi connectivity index (χ4v) is 1.07. The van der Waals surface area contributed by atoms with Crippen LogP contribution in [0, 0.1) is 0 Å². The number of ether oxygens (including phenoxy) is 1. The van der Waals surface area contributed by atoms with Crippen molar-refractivity contribution in [3.8, 4) is 0 Å². The second kappa shape index (κ2) is 7.00. The van der Waals surface area contributed by atoms with Crippen LogP contribution >= 0.6 is 0 Å². The number of carbonyl (C=O) groups is 2. The highest BCUT2D eigenvalue weighted by Gasteiger charge is 2.20. The Morgan fingerprint density at radius 2 is 2.13 bits per heavy atom. The third kappa shape index (κ3) is 5.85. The SMILES string of the molecule is C=C(C)C(=O)OC.O=C(O)[C@@H]1CCCN1. The van der Waals surface area contributed by atoms with Gasteiger partial charge in [-0.05, 0) is 26.3 Å². The summed E-state index contributed by atoms with van der Waals surface area (Å²) in [6.45, 7) is 5.81. The zero-order valence-electron chi connectivity index (χ0n) is 9.08. The second-order valence-corrected chi connectivity index (χ2v) is 3.26. The lowest BCUT2D eigenvalue weighted by molar-refractivity contribution is -0.139. The number of esters is 1. The highest BCUT2D eigenvalue weighted by molar-refractivity contribution is 5.86. The molecule has 0 unspecified atom stereocenters. The van der Waals surface area contributed by atoms with Gasteiger partial charge in [0.2, 0.25) is 0 Å². The Morgan fingerprint density at radius 3 is 2.27 bits per heavy atom. The normalized spacial score (nSPS) is 18.7. The number of nitrogens with one attached hydrogen (secondary N) is 1. The molecular weight excluding hydrogens is 198 g/mol. The Hall–Kier alpha value is -1.36. The number of carboxylic acids is 1. The van der Waals surface area contributed by atoms with Gasteiger partial charge in [0.05, 0.1) is 7.11 Å². The van der Waals surface area contributed by atoms with Crippen LogP contribution in [0.3, 0.4) is 0 Å². The number of methoxy groups -OCH3 is 1. The maximum absolute atomic E-state index is 10.2. The van der Waals surface area contributed by atoms with Gasteiger partial charge in [0, 0.05) is 5.57 Å². The molecule has 15 heavy (non-hydrogen) atoms. The molecule has 1 rings (SSSR count). The van der Waals surface area contributed by atoms with Crippen LogP contribution < -0.4 is 5.32 Å². The molecule has 0 aromatic carbocycles. The minimum Gasteiger partial charge on any atom is -0.480 e. The maximum atomic E-state index is 10.2. The second-order valence-electron chi connectivity index (χ2n) is 3.26. The maximum Gasteiger partial charge on any atom is 0.332 e. The van der Waals surface area contributed by atoms with Crippen molar-refractivity contribution in [2.45, 2.75) is 25.8 Å². The van der Waals surface area contributed by atoms with E-state index in [0.717, 1.165) is 19.4 Å². The molecule has 0 bridgehead atoms. The first kappa shape index (κ1) is 13.6. The van der Waals surface area contributed by atoms with Crippen molar-refractivity contribution < 1.29 is 19.4 Å². The number of hydrogen-bond acceptors (Lipinski definition) is 4. The average Bonchev–Trinajstić information content (AvgIpc) is 2.70. The summed E-state index contributed by atoms with van der Waals surface area (Å²) in [5.74, 6) is -1.07. The minimum atomic E-state index is -0.720. The molecule has 1 saturated heterocycles. The summed E-state index contributed by atoms with van der Waals surface area (Å²) < 4.78 is 4.27. The van der Waals surface area contributed by atoms with Gasteiger partial charge in [0.15, 0.2) is 0 Å². The molecule has 1 heterocycles. The van der Waals surface area contributed by atoms with E-state index in [2.05, 4.69) is 16.6 Å². The number of rotatable bonds is 2. The summed E-state index contributed by atoms with van der Waals surface area (Å²) in [6.07, 6.45) is 1.78. The number of aliphatic carboxylic acids is 1. The van der Waals surface area contributed by atoms with Crippen LogP contribution in [-0.4, -0.2) is 36.7 Å². The Bertz CT molecular complexity index is 244. The molecule has 0 radical (unpaired) electrons. The molecule has 1 fully saturated rings. The van der Waals surface area contributed by atoms with Crippen LogP contribution in [0.25, 0.3) is 0 Å². The van der Waals surface area contributed by atoms with Crippen LogP contribution in [0.1, 0.15) is 19.8 Å². The van der Waals surface area contributed by atoms with Gasteiger partial charge in [-0.1, -0.05) is 6.58 Å². The first-order valence-corrected chi connectivity index (χ1v) is 4.69. The standard InChI is InChI=1S/C5H9NO2.C5H8O2/c7-5(8)4-2-1-3-6-4;1-4(2)5(6)7-3/h4,6H,1-3H2,(H,7,8);1H2,2-3H3/t4-;/m0./s1. The van der Waals surface area contributed by atoms with Gasteiger partial charge in [0.1, 0.15) is 6.04 Å². The molecule has 0 aromatic rings. The molecule has 0 spiro atoms. The molecule has 1 atom stereocenters. The Morgan fingerprint density at radius 1 is 1.53 bits per heavy atom. The summed E-state index contributed by atoms with van der Waals surface area (Å²) in [5, 5.41) is 11.2. The van der Waals surface area contributed by atoms with Gasteiger partial charge < -0.3 is 15.2 Å². The van der Waals surface area contributed by atoms with Crippen molar-refractivity contribution in [2.75, 3.05) is 13.7 Å². The quantitative estimate of drug-likeness (QED) is 0.520. The molecule has 2 N–H and O–H groups in total. The van der Waals surface area contributed by atoms with Crippen molar-refractivity contribution >= 4 is 11.9 Å². The molecule has 0 saturated carbocycles. The van der Waals surface area contributed by atoms with E-state index in [1.807, 2.05) is 0 Å². The molecule has 1 aliphatic rings. The fourth-order valence-electron chi connectivity index (χ4n) is 1.07. The number of carboxylic acid groups (broad SMARTS) is 1. The minimum absolute atomic E-state index is 0.269. The van der Waals surface area contributed by atoms with Crippen LogP contribution in [0.2, 0.25) is 0 Å². The first-order chi connectivity index (χ1) is 6.99. The molecule has 5 heteroatoms. The van der Waals surface area contributed by atoms with E-state index in [1.165, 1.54) is 7.11 Å². The number of hydrogen-bond donors (Lipinski definition) is 2. The average molecular weight is 215 g/mol. The summed E-state index contributed by atoms with van der Waals surface area (Å²) in [7, 11) is 1.33. The monoisotopic (exact) mass is 215 g/mol. The third-order valence-electron chi connectivity index (χ3n) is 1.89. The topological polar surface area (TPSA) is 75.6 Å². The van der Waals surface area contributed by atoms with Gasteiger partial charge in [0.25, 0.3) is 0 Å². The summed E-state index contributed by atoms with van der Waals surface area (Å²) in [5.41, 5.74) is 0.433. The summed E-state index contributed by atoms with van der Waals surface area (Å²) >= 11 is 0. The molecule has 86 valence electrons. The van der Waals surface area contributed by atoms with Gasteiger partial charge >= 0.3 is 11.9 Å². The van der Waals surface area contributed by atoms with E-state index in [9.17, 15) is 9.59 Å². The lowest BCUT2D eigenvalue weighted by Crippen LogP contribution is -2.29. The zero-order chi connectivity index (χ0) is 11.8. The lowest BCUT2D eigenvalue weighted by atomic mass is 10.2. The highest BCUT2D eigenvalue weighted by Crippen LogP contribution is 2.03. The first-order valence-electron chi connectivity index (χ1n) is 4.69. The van der Waals surface area contributed by atoms with E-state index >= 15 is 0 Å². The van der Waals surface area contributed by atoms with Crippen LogP contribution in [0.4, 0.5) is 0 Å². The molecule has 0 aromatic heterocycles. The Kier molecular flexibility index (Phi) is 6.37. The summed E-state index contributed by atoms with van der Waals surface area (Å²) in [6, 6.07) is -0.269. The largest absolute Gasteiger partial charge is 0.480 e. The van der Waals surface area contributed by atoms with Crippen molar-refractivity contribution in [2.24, 2.45) is 0 Å². The van der Waals surface area contributed by atoms with E-state index in [0.29, 0.717) is 5.57 Å². The smallest absolute Gasteiger partial charge is 0.332 e. The van der Waals surface area contributed by atoms with E-state index in [-0.39, 0.29) is 12.0 Å². The molecular formula is C10H17NO4. The third-order valence-corrected chi connectivity index (χ3v) is 1.89. The predicted molar refractivity (Wildman–Crippen MR) is 55.5 cm³/mol.